The van der Waals surface area contributed by atoms with Gasteiger partial charge < -0.3 is 5.11 Å². The minimum atomic E-state index is 1.00. The molecule has 1 rings (SSSR count). The fourth-order valence-electron chi connectivity index (χ4n) is 1.11. The minimum Gasteiger partial charge on any atom is -0.400 e. The third-order valence-corrected chi connectivity index (χ3v) is 1.66. The number of hydrogen-bond acceptors (Lipinski definition) is 1. The van der Waals surface area contributed by atoms with E-state index in [9.17, 15) is 0 Å². The van der Waals surface area contributed by atoms with E-state index in [0.717, 1.165) is 7.11 Å². The van der Waals surface area contributed by atoms with E-state index in [1.165, 1.54) is 38.5 Å². The Morgan fingerprint density at radius 3 is 1.60 bits per heavy atom. The lowest BCUT2D eigenvalue weighted by molar-refractivity contribution is 0.399. The van der Waals surface area contributed by atoms with Crippen LogP contribution in [0.3, 0.4) is 0 Å². The van der Waals surface area contributed by atoms with Gasteiger partial charge >= 0.3 is 0 Å². The van der Waals surface area contributed by atoms with Crippen LogP contribution in [0.4, 0.5) is 0 Å². The van der Waals surface area contributed by atoms with Gasteiger partial charge in [-0.05, 0) is 25.7 Å². The summed E-state index contributed by atoms with van der Waals surface area (Å²) in [6.45, 7) is 0. The molecule has 0 aromatic rings. The van der Waals surface area contributed by atoms with Gasteiger partial charge in [-0.25, -0.2) is 0 Å². The van der Waals surface area contributed by atoms with Crippen molar-refractivity contribution < 1.29 is 5.11 Å². The van der Waals surface area contributed by atoms with Crippen LogP contribution in [0.5, 0.6) is 0 Å². The molecular weight excluding hydrogens is 124 g/mol. The summed E-state index contributed by atoms with van der Waals surface area (Å²) in [6.07, 6.45) is 13.0. The molecule has 1 N–H and O–H groups in total. The van der Waals surface area contributed by atoms with Crippen molar-refractivity contribution in [2.75, 3.05) is 7.11 Å². The quantitative estimate of drug-likeness (QED) is 0.515. The van der Waals surface area contributed by atoms with Crippen LogP contribution in [0, 0.1) is 0 Å². The summed E-state index contributed by atoms with van der Waals surface area (Å²) in [4.78, 5) is 0. The Balaban J connectivity index is 0.000000371. The van der Waals surface area contributed by atoms with Crippen molar-refractivity contribution in [3.8, 4) is 0 Å². The van der Waals surface area contributed by atoms with Gasteiger partial charge in [0.15, 0.2) is 0 Å². The molecule has 1 aliphatic rings. The van der Waals surface area contributed by atoms with E-state index in [1.54, 1.807) is 0 Å². The van der Waals surface area contributed by atoms with Crippen molar-refractivity contribution in [1.29, 1.82) is 0 Å². The largest absolute Gasteiger partial charge is 0.400 e. The summed E-state index contributed by atoms with van der Waals surface area (Å²) in [5.41, 5.74) is 0. The van der Waals surface area contributed by atoms with Crippen LogP contribution in [-0.2, 0) is 0 Å². The van der Waals surface area contributed by atoms with E-state index >= 15 is 0 Å². The molecule has 0 amide bonds. The minimum absolute atomic E-state index is 1.00. The number of aliphatic hydroxyl groups excluding tert-OH is 1. The van der Waals surface area contributed by atoms with Gasteiger partial charge in [-0.2, -0.15) is 0 Å². The van der Waals surface area contributed by atoms with Crippen LogP contribution in [0.2, 0.25) is 0 Å². The highest BCUT2D eigenvalue weighted by Gasteiger charge is 1.89. The first kappa shape index (κ1) is 9.70. The van der Waals surface area contributed by atoms with Crippen molar-refractivity contribution in [1.82, 2.24) is 0 Å². The van der Waals surface area contributed by atoms with Crippen molar-refractivity contribution in [3.63, 3.8) is 0 Å². The van der Waals surface area contributed by atoms with Crippen LogP contribution in [0.15, 0.2) is 12.2 Å². The van der Waals surface area contributed by atoms with Crippen LogP contribution in [-0.4, -0.2) is 12.2 Å². The Labute approximate surface area is 63.8 Å². The third-order valence-electron chi connectivity index (χ3n) is 1.66. The van der Waals surface area contributed by atoms with Crippen molar-refractivity contribution in [2.45, 2.75) is 38.5 Å². The lowest BCUT2D eigenvalue weighted by Crippen LogP contribution is -1.80. The molecule has 0 fully saturated rings. The number of aliphatic hydroxyl groups is 1. The molecule has 10 heavy (non-hydrogen) atoms. The zero-order chi connectivity index (χ0) is 7.66. The number of allylic oxidation sites excluding steroid dienone is 2. The predicted molar refractivity (Wildman–Crippen MR) is 45.0 cm³/mol. The normalized spacial score (nSPS) is 21.4. The van der Waals surface area contributed by atoms with Gasteiger partial charge in [0, 0.05) is 7.11 Å². The zero-order valence-electron chi connectivity index (χ0n) is 6.84. The van der Waals surface area contributed by atoms with Crippen LogP contribution < -0.4 is 0 Å². The van der Waals surface area contributed by atoms with E-state index < -0.39 is 0 Å². The second-order valence-corrected chi connectivity index (χ2v) is 2.46. The molecule has 0 saturated heterocycles. The second-order valence-electron chi connectivity index (χ2n) is 2.46. The van der Waals surface area contributed by atoms with Crippen LogP contribution >= 0.6 is 0 Å². The molecule has 0 saturated carbocycles. The van der Waals surface area contributed by atoms with Crippen LogP contribution in [0.1, 0.15) is 38.5 Å². The molecular formula is C9H18O. The Bertz CT molecular complexity index is 66.8. The molecule has 0 bridgehead atoms. The van der Waals surface area contributed by atoms with E-state index in [1.807, 2.05) is 0 Å². The summed E-state index contributed by atoms with van der Waals surface area (Å²) in [6, 6.07) is 0. The number of hydrogen-bond donors (Lipinski definition) is 1. The summed E-state index contributed by atoms with van der Waals surface area (Å²) in [5.74, 6) is 0. The van der Waals surface area contributed by atoms with Gasteiger partial charge in [0.05, 0.1) is 0 Å². The smallest absolute Gasteiger partial charge is 0.0319 e. The third kappa shape index (κ3) is 5.83. The topological polar surface area (TPSA) is 20.2 Å². The van der Waals surface area contributed by atoms with Gasteiger partial charge in [0.25, 0.3) is 0 Å². The summed E-state index contributed by atoms with van der Waals surface area (Å²) >= 11 is 0. The SMILES string of the molecule is C1=C\CCCCCC/1.CO. The fourth-order valence-corrected chi connectivity index (χ4v) is 1.11. The molecule has 1 nitrogen and oxygen atoms in total. The Morgan fingerprint density at radius 1 is 0.800 bits per heavy atom. The van der Waals surface area contributed by atoms with Crippen molar-refractivity contribution in [2.24, 2.45) is 0 Å². The van der Waals surface area contributed by atoms with E-state index in [2.05, 4.69) is 12.2 Å². The van der Waals surface area contributed by atoms with Gasteiger partial charge in [-0.1, -0.05) is 25.0 Å². The van der Waals surface area contributed by atoms with E-state index in [4.69, 9.17) is 5.11 Å². The highest BCUT2D eigenvalue weighted by molar-refractivity contribution is 4.82. The van der Waals surface area contributed by atoms with Crippen LogP contribution in [0.25, 0.3) is 0 Å². The number of rotatable bonds is 0. The first-order chi connectivity index (χ1) is 5.00. The maximum Gasteiger partial charge on any atom is 0.0319 e. The van der Waals surface area contributed by atoms with Gasteiger partial charge in [0.2, 0.25) is 0 Å². The maximum atomic E-state index is 7.00. The second kappa shape index (κ2) is 8.70. The predicted octanol–water partition coefficient (Wildman–Crippen LogP) is 2.51. The maximum absolute atomic E-state index is 7.00. The fraction of sp³-hybridized carbons (Fsp3) is 0.778. The lowest BCUT2D eigenvalue weighted by atomic mass is 10.1. The van der Waals surface area contributed by atoms with E-state index in [0.29, 0.717) is 0 Å². The van der Waals surface area contributed by atoms with Gasteiger partial charge in [0.1, 0.15) is 0 Å². The average molecular weight is 142 g/mol. The summed E-state index contributed by atoms with van der Waals surface area (Å²) in [5, 5.41) is 7.00. The monoisotopic (exact) mass is 142 g/mol. The Morgan fingerprint density at radius 2 is 1.20 bits per heavy atom. The van der Waals surface area contributed by atoms with Gasteiger partial charge in [-0.15, -0.1) is 0 Å². The van der Waals surface area contributed by atoms with Crippen molar-refractivity contribution in [3.05, 3.63) is 12.2 Å². The molecule has 0 aliphatic heterocycles. The molecule has 1 aliphatic carbocycles. The average Bonchev–Trinajstić information content (AvgIpc) is 1.90. The molecule has 0 aromatic heterocycles. The van der Waals surface area contributed by atoms with Gasteiger partial charge in [-0.3, -0.25) is 0 Å². The van der Waals surface area contributed by atoms with E-state index in [-0.39, 0.29) is 0 Å². The Kier molecular flexibility index (Phi) is 8.44. The standard InChI is InChI=1S/C8H14.CH4O/c1-2-4-6-8-7-5-3-1;1-2/h1-2H,3-8H2;2H,1H3/b2-1-;. The molecule has 0 spiro atoms. The molecule has 0 unspecified atom stereocenters. The molecule has 0 radical (unpaired) electrons. The molecule has 60 valence electrons. The summed E-state index contributed by atoms with van der Waals surface area (Å²) in [7, 11) is 1.00. The first-order valence-electron chi connectivity index (χ1n) is 4.10. The molecule has 0 aromatic carbocycles. The first-order valence-corrected chi connectivity index (χ1v) is 4.10. The molecule has 0 heterocycles. The molecule has 0 atom stereocenters. The summed E-state index contributed by atoms with van der Waals surface area (Å²) < 4.78 is 0. The Hall–Kier alpha value is -0.300. The highest BCUT2D eigenvalue weighted by atomic mass is 16.2. The zero-order valence-corrected chi connectivity index (χ0v) is 6.84. The highest BCUT2D eigenvalue weighted by Crippen LogP contribution is 2.09. The molecule has 1 heteroatoms. The lowest BCUT2D eigenvalue weighted by Gasteiger charge is -2.00. The van der Waals surface area contributed by atoms with Crippen molar-refractivity contribution >= 4 is 0 Å².